The molecule has 1 heterocycles. The van der Waals surface area contributed by atoms with E-state index in [4.69, 9.17) is 0 Å². The van der Waals surface area contributed by atoms with Gasteiger partial charge in [0.2, 0.25) is 5.91 Å². The molecule has 1 aliphatic heterocycles. The van der Waals surface area contributed by atoms with Crippen molar-refractivity contribution in [1.82, 2.24) is 13.5 Å². The number of hydrogen-bond donors (Lipinski definition) is 0. The van der Waals surface area contributed by atoms with Gasteiger partial charge < -0.3 is 4.90 Å². The minimum absolute atomic E-state index is 0.0318. The van der Waals surface area contributed by atoms with Crippen LogP contribution >= 0.6 is 0 Å². The average molecular weight is 388 g/mol. The van der Waals surface area contributed by atoms with Crippen molar-refractivity contribution in [3.05, 3.63) is 60.2 Å². The number of carbonyl (C=O) groups excluding carboxylic acids is 1. The molecule has 1 fully saturated rings. The lowest BCUT2D eigenvalue weighted by atomic mass is 10.0. The molecule has 0 unspecified atom stereocenters. The smallest absolute Gasteiger partial charge is 0.281 e. The summed E-state index contributed by atoms with van der Waals surface area (Å²) in [6.07, 6.45) is 0.329. The second-order valence-electron chi connectivity index (χ2n) is 6.81. The first-order valence-corrected chi connectivity index (χ1v) is 10.4. The Kier molecular flexibility index (Phi) is 5.94. The molecule has 0 saturated carbocycles. The van der Waals surface area contributed by atoms with Crippen LogP contribution in [0.15, 0.2) is 54.6 Å². The predicted molar refractivity (Wildman–Crippen MR) is 106 cm³/mol. The highest BCUT2D eigenvalue weighted by atomic mass is 32.2. The Balaban J connectivity index is 1.57. The minimum Gasteiger partial charge on any atom is -0.340 e. The predicted octanol–water partition coefficient (Wildman–Crippen LogP) is 1.85. The Morgan fingerprint density at radius 1 is 0.889 bits per heavy atom. The first kappa shape index (κ1) is 19.5. The van der Waals surface area contributed by atoms with Gasteiger partial charge in [-0.25, -0.2) is 0 Å². The van der Waals surface area contributed by atoms with E-state index in [9.17, 15) is 13.2 Å². The zero-order valence-electron chi connectivity index (χ0n) is 15.7. The molecule has 0 bridgehead atoms. The SMILES string of the molecule is CN(C)S(=O)(=O)N1CCN(C(=O)Cc2ccc(-c3ccccc3)cc2)CC1. The summed E-state index contributed by atoms with van der Waals surface area (Å²) in [7, 11) is -0.371. The lowest BCUT2D eigenvalue weighted by Gasteiger charge is -2.35. The third kappa shape index (κ3) is 4.55. The highest BCUT2D eigenvalue weighted by Crippen LogP contribution is 2.20. The van der Waals surface area contributed by atoms with Crippen LogP contribution in [-0.4, -0.2) is 68.1 Å². The van der Waals surface area contributed by atoms with Gasteiger partial charge in [-0.3, -0.25) is 4.79 Å². The molecule has 3 rings (SSSR count). The summed E-state index contributed by atoms with van der Waals surface area (Å²) in [6, 6.07) is 18.1. The number of rotatable bonds is 5. The maximum atomic E-state index is 12.6. The molecule has 2 aromatic rings. The molecule has 0 aliphatic carbocycles. The summed E-state index contributed by atoms with van der Waals surface area (Å²) in [6.45, 7) is 1.51. The fraction of sp³-hybridized carbons (Fsp3) is 0.350. The molecule has 0 atom stereocenters. The summed E-state index contributed by atoms with van der Waals surface area (Å²) in [5.74, 6) is 0.0318. The third-order valence-corrected chi connectivity index (χ3v) is 6.74. The van der Waals surface area contributed by atoms with Crippen LogP contribution in [0.5, 0.6) is 0 Å². The Labute approximate surface area is 161 Å². The van der Waals surface area contributed by atoms with Crippen molar-refractivity contribution in [2.75, 3.05) is 40.3 Å². The van der Waals surface area contributed by atoms with Crippen LogP contribution in [0.2, 0.25) is 0 Å². The van der Waals surface area contributed by atoms with Crippen molar-refractivity contribution in [2.24, 2.45) is 0 Å². The maximum absolute atomic E-state index is 12.6. The van der Waals surface area contributed by atoms with Crippen molar-refractivity contribution in [2.45, 2.75) is 6.42 Å². The highest BCUT2D eigenvalue weighted by molar-refractivity contribution is 7.86. The minimum atomic E-state index is -3.41. The molecule has 0 spiro atoms. The molecule has 144 valence electrons. The fourth-order valence-corrected chi connectivity index (χ4v) is 4.22. The van der Waals surface area contributed by atoms with Gasteiger partial charge in [0.15, 0.2) is 0 Å². The first-order valence-electron chi connectivity index (χ1n) is 8.97. The summed E-state index contributed by atoms with van der Waals surface area (Å²) in [4.78, 5) is 14.3. The molecule has 1 amide bonds. The van der Waals surface area contributed by atoms with Crippen LogP contribution in [0.1, 0.15) is 5.56 Å². The van der Waals surface area contributed by atoms with Crippen molar-refractivity contribution in [1.29, 1.82) is 0 Å². The highest BCUT2D eigenvalue weighted by Gasteiger charge is 2.30. The second kappa shape index (κ2) is 8.21. The fourth-order valence-electron chi connectivity index (χ4n) is 3.13. The van der Waals surface area contributed by atoms with E-state index in [1.807, 2.05) is 42.5 Å². The summed E-state index contributed by atoms with van der Waals surface area (Å²) in [5.41, 5.74) is 3.23. The first-order chi connectivity index (χ1) is 12.9. The van der Waals surface area contributed by atoms with Gasteiger partial charge in [-0.1, -0.05) is 54.6 Å². The lowest BCUT2D eigenvalue weighted by molar-refractivity contribution is -0.131. The van der Waals surface area contributed by atoms with Crippen molar-refractivity contribution >= 4 is 16.1 Å². The van der Waals surface area contributed by atoms with Gasteiger partial charge in [0.1, 0.15) is 0 Å². The standard InChI is InChI=1S/C20H25N3O3S/c1-21(2)27(25,26)23-14-12-22(13-15-23)20(24)16-17-8-10-19(11-9-17)18-6-4-3-5-7-18/h3-11H,12-16H2,1-2H3. The zero-order chi connectivity index (χ0) is 19.4. The average Bonchev–Trinajstić information content (AvgIpc) is 2.69. The Morgan fingerprint density at radius 2 is 1.44 bits per heavy atom. The van der Waals surface area contributed by atoms with Gasteiger partial charge in [0.05, 0.1) is 6.42 Å². The van der Waals surface area contributed by atoms with Gasteiger partial charge in [-0.05, 0) is 16.7 Å². The normalized spacial score (nSPS) is 15.9. The van der Waals surface area contributed by atoms with E-state index in [2.05, 4.69) is 12.1 Å². The summed E-state index contributed by atoms with van der Waals surface area (Å²) in [5, 5.41) is 0. The molecule has 1 saturated heterocycles. The molecular formula is C20H25N3O3S. The largest absolute Gasteiger partial charge is 0.340 e. The molecule has 2 aromatic carbocycles. The van der Waals surface area contributed by atoms with E-state index in [1.54, 1.807) is 4.90 Å². The van der Waals surface area contributed by atoms with Gasteiger partial charge in [-0.2, -0.15) is 17.0 Å². The van der Waals surface area contributed by atoms with Gasteiger partial charge in [0.25, 0.3) is 10.2 Å². The van der Waals surface area contributed by atoms with Gasteiger partial charge in [0, 0.05) is 40.3 Å². The van der Waals surface area contributed by atoms with E-state index in [0.717, 1.165) is 16.7 Å². The number of piperazine rings is 1. The summed E-state index contributed by atoms with van der Waals surface area (Å²) >= 11 is 0. The number of carbonyl (C=O) groups is 1. The Bertz CT molecular complexity index is 872. The van der Waals surface area contributed by atoms with E-state index < -0.39 is 10.2 Å². The van der Waals surface area contributed by atoms with Gasteiger partial charge >= 0.3 is 0 Å². The van der Waals surface area contributed by atoms with E-state index in [1.165, 1.54) is 22.7 Å². The maximum Gasteiger partial charge on any atom is 0.281 e. The van der Waals surface area contributed by atoms with Crippen LogP contribution in [0.25, 0.3) is 11.1 Å². The molecule has 0 radical (unpaired) electrons. The molecule has 1 aliphatic rings. The van der Waals surface area contributed by atoms with Crippen LogP contribution in [-0.2, 0) is 21.4 Å². The molecular weight excluding hydrogens is 362 g/mol. The monoisotopic (exact) mass is 387 g/mol. The number of amides is 1. The molecule has 6 nitrogen and oxygen atoms in total. The van der Waals surface area contributed by atoms with E-state index in [0.29, 0.717) is 32.6 Å². The van der Waals surface area contributed by atoms with Crippen molar-refractivity contribution in [3.63, 3.8) is 0 Å². The molecule has 0 N–H and O–H groups in total. The van der Waals surface area contributed by atoms with Crippen molar-refractivity contribution < 1.29 is 13.2 Å². The number of benzene rings is 2. The lowest BCUT2D eigenvalue weighted by Crippen LogP contribution is -2.53. The number of hydrogen-bond acceptors (Lipinski definition) is 3. The zero-order valence-corrected chi connectivity index (χ0v) is 16.5. The topological polar surface area (TPSA) is 60.9 Å². The van der Waals surface area contributed by atoms with E-state index >= 15 is 0 Å². The Morgan fingerprint density at radius 3 is 2.00 bits per heavy atom. The third-order valence-electron chi connectivity index (χ3n) is 4.80. The van der Waals surface area contributed by atoms with Crippen LogP contribution in [0.3, 0.4) is 0 Å². The van der Waals surface area contributed by atoms with Crippen LogP contribution in [0, 0.1) is 0 Å². The van der Waals surface area contributed by atoms with E-state index in [-0.39, 0.29) is 5.91 Å². The van der Waals surface area contributed by atoms with Crippen LogP contribution < -0.4 is 0 Å². The number of nitrogens with zero attached hydrogens (tertiary/aromatic N) is 3. The van der Waals surface area contributed by atoms with Gasteiger partial charge in [-0.15, -0.1) is 0 Å². The molecule has 0 aromatic heterocycles. The Hall–Kier alpha value is -2.22. The van der Waals surface area contributed by atoms with Crippen LogP contribution in [0.4, 0.5) is 0 Å². The quantitative estimate of drug-likeness (QED) is 0.787. The second-order valence-corrected chi connectivity index (χ2v) is 8.95. The molecule has 27 heavy (non-hydrogen) atoms. The molecule has 7 heteroatoms. The summed E-state index contributed by atoms with van der Waals surface area (Å²) < 4.78 is 26.9. The van der Waals surface area contributed by atoms with Crippen molar-refractivity contribution in [3.8, 4) is 11.1 Å².